The number of hydrogen-bond donors (Lipinski definition) is 2. The van der Waals surface area contributed by atoms with Crippen molar-refractivity contribution in [2.45, 2.75) is 32.6 Å². The van der Waals surface area contributed by atoms with Crippen LogP contribution in [-0.2, 0) is 4.79 Å². The highest BCUT2D eigenvalue weighted by Crippen LogP contribution is 2.50. The first-order valence-corrected chi connectivity index (χ1v) is 10.6. The first kappa shape index (κ1) is 18.4. The second-order valence-corrected chi connectivity index (χ2v) is 9.59. The number of H-pyrrole nitrogens is 1. The Morgan fingerprint density at radius 1 is 1.03 bits per heavy atom. The number of benzene rings is 2. The van der Waals surface area contributed by atoms with Crippen LogP contribution in [0.5, 0.6) is 0 Å². The minimum absolute atomic E-state index is 0.0523. The molecule has 5 heteroatoms. The Morgan fingerprint density at radius 3 is 2.48 bits per heavy atom. The highest BCUT2D eigenvalue weighted by molar-refractivity contribution is 9.10. The van der Waals surface area contributed by atoms with Crippen molar-refractivity contribution < 1.29 is 4.79 Å². The molecule has 1 aromatic heterocycles. The number of aromatic nitrogens is 2. The van der Waals surface area contributed by atoms with Gasteiger partial charge in [-0.15, -0.1) is 0 Å². The Labute approximate surface area is 178 Å². The molecule has 0 saturated heterocycles. The van der Waals surface area contributed by atoms with Crippen molar-refractivity contribution in [3.63, 3.8) is 0 Å². The number of anilines is 1. The maximum atomic E-state index is 13.3. The monoisotopic (exact) mass is 447 g/mol. The molecule has 1 aliphatic carbocycles. The lowest BCUT2D eigenvalue weighted by Crippen LogP contribution is -2.33. The molecule has 2 N–H and O–H groups in total. The van der Waals surface area contributed by atoms with Gasteiger partial charge in [-0.2, -0.15) is 5.10 Å². The average molecular weight is 448 g/mol. The van der Waals surface area contributed by atoms with Crippen LogP contribution in [0.4, 0.5) is 5.82 Å². The normalized spacial score (nSPS) is 20.1. The number of Topliss-reactive ketones (excluding diaryl/α,β-unsaturated/α-hetero) is 1. The van der Waals surface area contributed by atoms with E-state index in [0.29, 0.717) is 6.42 Å². The lowest BCUT2D eigenvalue weighted by molar-refractivity contribution is -0.118. The van der Waals surface area contributed by atoms with Crippen LogP contribution in [0.3, 0.4) is 0 Å². The summed E-state index contributed by atoms with van der Waals surface area (Å²) in [5.41, 5.74) is 6.03. The molecule has 0 amide bonds. The average Bonchev–Trinajstić information content (AvgIpc) is 3.10. The number of aromatic amines is 1. The Morgan fingerprint density at radius 2 is 1.76 bits per heavy atom. The van der Waals surface area contributed by atoms with Gasteiger partial charge in [0.25, 0.3) is 0 Å². The first-order valence-electron chi connectivity index (χ1n) is 9.85. The number of rotatable bonds is 2. The number of ketones is 1. The van der Waals surface area contributed by atoms with Crippen molar-refractivity contribution >= 4 is 27.5 Å². The van der Waals surface area contributed by atoms with E-state index in [0.717, 1.165) is 50.4 Å². The topological polar surface area (TPSA) is 57.8 Å². The number of allylic oxidation sites excluding steroid dienone is 2. The molecule has 2 heterocycles. The van der Waals surface area contributed by atoms with Crippen LogP contribution < -0.4 is 5.32 Å². The van der Waals surface area contributed by atoms with Crippen LogP contribution in [0.15, 0.2) is 70.3 Å². The predicted octanol–water partition coefficient (Wildman–Crippen LogP) is 6.04. The van der Waals surface area contributed by atoms with E-state index in [-0.39, 0.29) is 17.1 Å². The molecule has 1 atom stereocenters. The molecule has 3 aromatic rings. The molecule has 0 unspecified atom stereocenters. The molecular weight excluding hydrogens is 426 g/mol. The SMILES string of the molecule is CC1(C)CC(=O)C2=C(C1)Nc1n[nH]c(-c3ccccc3)c1[C@H]2c1ccc(Br)cc1. The van der Waals surface area contributed by atoms with E-state index in [1.165, 1.54) is 0 Å². The number of nitrogens with zero attached hydrogens (tertiary/aromatic N) is 1. The van der Waals surface area contributed by atoms with E-state index in [2.05, 4.69) is 69.6 Å². The van der Waals surface area contributed by atoms with Gasteiger partial charge in [-0.05, 0) is 35.1 Å². The summed E-state index contributed by atoms with van der Waals surface area (Å²) in [4.78, 5) is 13.3. The zero-order chi connectivity index (χ0) is 20.2. The van der Waals surface area contributed by atoms with Gasteiger partial charge in [0.15, 0.2) is 11.6 Å². The Kier molecular flexibility index (Phi) is 4.24. The van der Waals surface area contributed by atoms with Gasteiger partial charge in [-0.25, -0.2) is 0 Å². The van der Waals surface area contributed by atoms with Gasteiger partial charge in [0.2, 0.25) is 0 Å². The molecule has 2 aliphatic rings. The fourth-order valence-electron chi connectivity index (χ4n) is 4.61. The first-order chi connectivity index (χ1) is 13.9. The second kappa shape index (κ2) is 6.70. The summed E-state index contributed by atoms with van der Waals surface area (Å²) in [5, 5.41) is 11.3. The predicted molar refractivity (Wildman–Crippen MR) is 119 cm³/mol. The molecule has 0 fully saturated rings. The molecule has 29 heavy (non-hydrogen) atoms. The van der Waals surface area contributed by atoms with Crippen LogP contribution in [-0.4, -0.2) is 16.0 Å². The van der Waals surface area contributed by atoms with Crippen LogP contribution in [0.1, 0.15) is 43.7 Å². The summed E-state index contributed by atoms with van der Waals surface area (Å²) in [5.74, 6) is 0.912. The number of halogens is 1. The van der Waals surface area contributed by atoms with Gasteiger partial charge in [0.1, 0.15) is 0 Å². The van der Waals surface area contributed by atoms with Gasteiger partial charge in [-0.3, -0.25) is 9.89 Å². The van der Waals surface area contributed by atoms with Gasteiger partial charge in [0.05, 0.1) is 5.69 Å². The third kappa shape index (κ3) is 3.14. The fraction of sp³-hybridized carbons (Fsp3) is 0.250. The minimum Gasteiger partial charge on any atom is -0.342 e. The van der Waals surface area contributed by atoms with Crippen molar-refractivity contribution in [3.05, 3.63) is 81.5 Å². The van der Waals surface area contributed by atoms with Crippen molar-refractivity contribution in [1.82, 2.24) is 10.2 Å². The Balaban J connectivity index is 1.74. The van der Waals surface area contributed by atoms with Crippen molar-refractivity contribution in [2.24, 2.45) is 5.41 Å². The van der Waals surface area contributed by atoms with E-state index in [1.807, 2.05) is 30.3 Å². The zero-order valence-electron chi connectivity index (χ0n) is 16.4. The summed E-state index contributed by atoms with van der Waals surface area (Å²) >= 11 is 3.53. The molecule has 0 radical (unpaired) electrons. The lowest BCUT2D eigenvalue weighted by Gasteiger charge is -2.38. The summed E-state index contributed by atoms with van der Waals surface area (Å²) in [6.45, 7) is 4.31. The van der Waals surface area contributed by atoms with E-state index in [1.54, 1.807) is 0 Å². The smallest absolute Gasteiger partial charge is 0.162 e. The zero-order valence-corrected chi connectivity index (χ0v) is 18.0. The molecule has 0 spiro atoms. The van der Waals surface area contributed by atoms with Crippen LogP contribution in [0, 0.1) is 5.41 Å². The number of fused-ring (bicyclic) bond motifs is 1. The van der Waals surface area contributed by atoms with Gasteiger partial charge in [-0.1, -0.05) is 72.2 Å². The number of hydrogen-bond acceptors (Lipinski definition) is 3. The largest absolute Gasteiger partial charge is 0.342 e. The molecule has 0 bridgehead atoms. The maximum absolute atomic E-state index is 13.3. The lowest BCUT2D eigenvalue weighted by atomic mass is 9.69. The highest BCUT2D eigenvalue weighted by Gasteiger charge is 2.42. The molecule has 0 saturated carbocycles. The number of carbonyl (C=O) groups is 1. The van der Waals surface area contributed by atoms with E-state index in [4.69, 9.17) is 0 Å². The summed E-state index contributed by atoms with van der Waals surface area (Å²) in [6, 6.07) is 18.5. The Bertz CT molecular complexity index is 1130. The third-order valence-electron chi connectivity index (χ3n) is 5.84. The quantitative estimate of drug-likeness (QED) is 0.503. The molecule has 1 aliphatic heterocycles. The van der Waals surface area contributed by atoms with Gasteiger partial charge < -0.3 is 5.32 Å². The van der Waals surface area contributed by atoms with Gasteiger partial charge in [0, 0.05) is 33.6 Å². The minimum atomic E-state index is -0.132. The molecule has 2 aromatic carbocycles. The van der Waals surface area contributed by atoms with E-state index in [9.17, 15) is 4.79 Å². The summed E-state index contributed by atoms with van der Waals surface area (Å²) in [7, 11) is 0. The van der Waals surface area contributed by atoms with Crippen LogP contribution in [0.25, 0.3) is 11.3 Å². The fourth-order valence-corrected chi connectivity index (χ4v) is 4.87. The highest BCUT2D eigenvalue weighted by atomic mass is 79.9. The third-order valence-corrected chi connectivity index (χ3v) is 6.37. The molecule has 4 nitrogen and oxygen atoms in total. The second-order valence-electron chi connectivity index (χ2n) is 8.67. The molecule has 5 rings (SSSR count). The molecule has 146 valence electrons. The van der Waals surface area contributed by atoms with Crippen molar-refractivity contribution in [1.29, 1.82) is 0 Å². The van der Waals surface area contributed by atoms with Crippen molar-refractivity contribution in [2.75, 3.05) is 5.32 Å². The van der Waals surface area contributed by atoms with Crippen LogP contribution in [0.2, 0.25) is 0 Å². The van der Waals surface area contributed by atoms with Gasteiger partial charge >= 0.3 is 0 Å². The Hall–Kier alpha value is -2.66. The number of nitrogens with one attached hydrogen (secondary N) is 2. The summed E-state index contributed by atoms with van der Waals surface area (Å²) < 4.78 is 1.02. The summed E-state index contributed by atoms with van der Waals surface area (Å²) in [6.07, 6.45) is 1.41. The van der Waals surface area contributed by atoms with Crippen molar-refractivity contribution in [3.8, 4) is 11.3 Å². The maximum Gasteiger partial charge on any atom is 0.162 e. The number of carbonyl (C=O) groups excluding carboxylic acids is 1. The van der Waals surface area contributed by atoms with E-state index >= 15 is 0 Å². The standard InChI is InChI=1S/C24H22BrN3O/c1-24(2)12-17-20(18(29)13-24)19(14-8-10-16(25)11-9-14)21-22(27-28-23(21)26-17)15-6-4-3-5-7-15/h3-11,19H,12-13H2,1-2H3,(H2,26,27,28)/t19-/m0/s1. The molecular formula is C24H22BrN3O. The van der Waals surface area contributed by atoms with Crippen LogP contribution >= 0.6 is 15.9 Å². The van der Waals surface area contributed by atoms with E-state index < -0.39 is 0 Å².